The number of hydrogen-bond acceptors (Lipinski definition) is 21. The zero-order valence-electron chi connectivity index (χ0n) is 70.4. The standard InChI is InChI=1S/C26H19F4N3O4.C25H18F3N3O4.C25H17F3N2O5.C22H16F2N2O3/c27-19-3-1-12(8-18(19)26(28,29)30)7-13(34)9-16-22-15-10-14(2-4-20(15)37-23(16)22)36-21-5-6-31-24-17(21)11-32-25(35)33-24;26-17-9-19(28)18(27)6-11(17)5-12(32)7-15-22-14-8-13(1-2-20(14)35-23(15)22)34-21-3-4-29-24-16(21)10-30-25(33)31-24;26-17-9-19(28)18(27)6-11(17)5-12(31)7-15-22-14-8-13(1-2-20(14)35-23(15)22)34-21-3-4-29-24-16(21)10-33-25(32)30-24;23-17-3-1-12(8-18(17)24)7-13(27)9-16-21-15-10-14(2-4-19(15)29-22(16)21)28-20-5-6-25-11-26-20/h1-6,8,10,16,22-23H,7,9,11H2,(H2,31,32,33,35);1-4,6,8-9,15,22-23H,5,7,10H2,(H2,29,30,31,33);1-4,6,8-9,15,22-23H,5,7,10H2,(H,29,30,32);1-6,8,10-11,16,21-22H,7,9H2/t16-,22-,23+;2*15-,22-,23+;16-,21-,22+/m0000/s1. The number of hydrogen-bond donors (Lipinski definition) is 5. The first-order valence-electron chi connectivity index (χ1n) is 42.8. The van der Waals surface area contributed by atoms with Crippen LogP contribution in [0, 0.1) is 76.0 Å². The van der Waals surface area contributed by atoms with Gasteiger partial charge < -0.3 is 53.3 Å². The van der Waals surface area contributed by atoms with E-state index in [9.17, 15) is 86.2 Å². The van der Waals surface area contributed by atoms with Crippen LogP contribution in [-0.2, 0) is 75.5 Å². The minimum absolute atomic E-state index is 0.000360. The fourth-order valence-electron chi connectivity index (χ4n) is 18.5. The zero-order valence-corrected chi connectivity index (χ0v) is 70.4. The van der Waals surface area contributed by atoms with Crippen molar-refractivity contribution in [2.45, 2.75) is 125 Å². The van der Waals surface area contributed by atoms with Crippen LogP contribution in [0.3, 0.4) is 0 Å². The van der Waals surface area contributed by atoms with Gasteiger partial charge in [0.2, 0.25) is 5.88 Å². The predicted octanol–water partition coefficient (Wildman–Crippen LogP) is 19.2. The number of anilines is 3. The molecule has 7 aliphatic heterocycles. The number of nitrogens with one attached hydrogen (secondary N) is 5. The highest BCUT2D eigenvalue weighted by atomic mass is 19.4. The third-order valence-corrected chi connectivity index (χ3v) is 25.1. The predicted molar refractivity (Wildman–Crippen MR) is 453 cm³/mol. The average Bonchev–Trinajstić information content (AvgIpc) is 1.57. The van der Waals surface area contributed by atoms with Gasteiger partial charge in [-0.15, -0.1) is 0 Å². The topological polar surface area (TPSA) is 327 Å². The molecule has 0 unspecified atom stereocenters. The highest BCUT2D eigenvalue weighted by molar-refractivity contribution is 5.93. The summed E-state index contributed by atoms with van der Waals surface area (Å²) in [5.41, 5.74) is 4.66. The number of cyclic esters (lactones) is 1. The number of pyridine rings is 3. The van der Waals surface area contributed by atoms with Gasteiger partial charge in [-0.3, -0.25) is 35.1 Å². The second-order valence-electron chi connectivity index (χ2n) is 34.0. The van der Waals surface area contributed by atoms with Crippen molar-refractivity contribution in [1.29, 1.82) is 0 Å². The number of amides is 5. The molecule has 0 bridgehead atoms. The maximum atomic E-state index is 13.9. The Morgan fingerprint density at radius 1 is 0.368 bits per heavy atom. The van der Waals surface area contributed by atoms with Crippen LogP contribution in [0.1, 0.15) is 116 Å². The first-order valence-corrected chi connectivity index (χ1v) is 42.8. The molecule has 8 aromatic carbocycles. The number of urea groups is 2. The smallest absolute Gasteiger partial charge is 0.419 e. The normalized spacial score (nSPS) is 21.1. The maximum Gasteiger partial charge on any atom is 0.419 e. The van der Waals surface area contributed by atoms with Crippen LogP contribution in [0.15, 0.2) is 189 Å². The first kappa shape index (κ1) is 88.3. The van der Waals surface area contributed by atoms with Crippen molar-refractivity contribution in [2.75, 3.05) is 16.0 Å². The Kier molecular flexibility index (Phi) is 23.2. The van der Waals surface area contributed by atoms with Crippen LogP contribution in [0.4, 0.5) is 84.5 Å². The quantitative estimate of drug-likeness (QED) is 0.0277. The summed E-state index contributed by atoms with van der Waals surface area (Å²) in [6, 6.07) is 36.4. The Hall–Kier alpha value is -15.7. The number of halogens is 12. The maximum absolute atomic E-state index is 13.9. The molecular weight excluding hydrogens is 1800 g/mol. The van der Waals surface area contributed by atoms with Gasteiger partial charge >= 0.3 is 24.3 Å². The Morgan fingerprint density at radius 2 is 0.743 bits per heavy atom. The molecule has 11 heterocycles. The second-order valence-corrected chi connectivity index (χ2v) is 34.0. The molecule has 12 atom stereocenters. The van der Waals surface area contributed by atoms with Crippen LogP contribution < -0.4 is 64.5 Å². The second kappa shape index (κ2) is 35.7. The van der Waals surface area contributed by atoms with Crippen LogP contribution in [0.5, 0.6) is 69.1 Å². The van der Waals surface area contributed by atoms with E-state index in [2.05, 4.69) is 51.5 Å². The van der Waals surface area contributed by atoms with Gasteiger partial charge in [-0.1, -0.05) is 12.1 Å². The molecule has 12 aromatic rings. The average molecular weight is 1870 g/mol. The Morgan fingerprint density at radius 3 is 1.15 bits per heavy atom. The first-order chi connectivity index (χ1) is 65.5. The molecule has 4 aromatic heterocycles. The van der Waals surface area contributed by atoms with E-state index in [4.69, 9.17) is 42.6 Å². The molecule has 4 aliphatic carbocycles. The Balaban J connectivity index is 0.000000113. The van der Waals surface area contributed by atoms with Crippen molar-refractivity contribution < 1.29 is 129 Å². The summed E-state index contributed by atoms with van der Waals surface area (Å²) in [6.07, 6.45) is 1.67. The van der Waals surface area contributed by atoms with Crippen LogP contribution in [0.2, 0.25) is 0 Å². The van der Waals surface area contributed by atoms with E-state index in [-0.39, 0.29) is 188 Å². The summed E-state index contributed by atoms with van der Waals surface area (Å²) in [4.78, 5) is 105. The summed E-state index contributed by atoms with van der Waals surface area (Å²) < 4.78 is 212. The molecule has 136 heavy (non-hydrogen) atoms. The summed E-state index contributed by atoms with van der Waals surface area (Å²) in [7, 11) is 0. The lowest BCUT2D eigenvalue weighted by atomic mass is 10.00. The van der Waals surface area contributed by atoms with Crippen LogP contribution in [-0.4, -0.2) is 90.6 Å². The van der Waals surface area contributed by atoms with E-state index in [1.165, 1.54) is 30.9 Å². The van der Waals surface area contributed by atoms with Crippen molar-refractivity contribution in [2.24, 2.45) is 23.7 Å². The Labute approximate surface area is 761 Å². The molecule has 4 fully saturated rings. The number of nitrogens with zero attached hydrogens (tertiary/aromatic N) is 5. The molecule has 0 spiro atoms. The summed E-state index contributed by atoms with van der Waals surface area (Å²) >= 11 is 0. The van der Waals surface area contributed by atoms with Crippen molar-refractivity contribution in [3.63, 3.8) is 0 Å². The van der Waals surface area contributed by atoms with E-state index in [0.29, 0.717) is 122 Å². The van der Waals surface area contributed by atoms with Crippen molar-refractivity contribution in [3.05, 3.63) is 308 Å². The number of ketones is 4. The highest BCUT2D eigenvalue weighted by Crippen LogP contribution is 2.64. The SMILES string of the molecule is O=C(Cc1cc(F)c(F)cc1F)C[C@@H]1[C@H]2Oc3ccc(Oc4ccnc5c4CNC(=O)N5)cc3[C@@H]12.O=C(Cc1cc(F)c(F)cc1F)C[C@@H]1[C@H]2Oc3ccc(Oc4ccnc5c4COC(=O)N5)cc3[C@@H]12.O=C(Cc1ccc(F)c(C(F)(F)F)c1)C[C@@H]1[C@H]2Oc3ccc(Oc4ccnc5c4CNC(=O)N5)cc3[C@@H]12.O=C(Cc1ccc(F)c(F)c1)C[C@@H]1[C@H]2Oc3ccc(Oc4ccncn4)cc3[C@@H]12. The van der Waals surface area contributed by atoms with Crippen LogP contribution in [0.25, 0.3) is 0 Å². The molecule has 38 heteroatoms. The number of rotatable bonds is 24. The summed E-state index contributed by atoms with van der Waals surface area (Å²) in [5.74, 6) is -2.42. The minimum atomic E-state index is -4.83. The van der Waals surface area contributed by atoms with Gasteiger partial charge in [0.05, 0.1) is 35.3 Å². The van der Waals surface area contributed by atoms with Gasteiger partial charge in [-0.25, -0.2) is 78.8 Å². The number of aromatic nitrogens is 5. The van der Waals surface area contributed by atoms with Gasteiger partial charge in [0.1, 0.15) is 159 Å². The third-order valence-electron chi connectivity index (χ3n) is 25.1. The monoisotopic (exact) mass is 1870 g/mol. The molecular formula is C98H70F12N10O16. The molecule has 11 aliphatic rings. The van der Waals surface area contributed by atoms with Crippen molar-refractivity contribution in [3.8, 4) is 69.1 Å². The summed E-state index contributed by atoms with van der Waals surface area (Å²) in [5, 5.41) is 13.2. The summed E-state index contributed by atoms with van der Waals surface area (Å²) in [6.45, 7) is 0.587. The number of fused-ring (bicyclic) bond motifs is 15. The van der Waals surface area contributed by atoms with E-state index >= 15 is 0 Å². The molecule has 692 valence electrons. The molecule has 0 saturated heterocycles. The number of alkyl halides is 3. The van der Waals surface area contributed by atoms with E-state index in [0.717, 1.165) is 63.9 Å². The largest absolute Gasteiger partial charge is 0.489 e. The number of Topliss-reactive ketones (excluding diaryl/α,β-unsaturated/α-hetero) is 4. The molecule has 5 amide bonds. The molecule has 26 nitrogen and oxygen atoms in total. The lowest BCUT2D eigenvalue weighted by Crippen LogP contribution is -2.34. The molecule has 23 rings (SSSR count). The molecule has 4 saturated carbocycles. The lowest BCUT2D eigenvalue weighted by molar-refractivity contribution is -0.140. The fraction of sp³-hybridized carbons (Fsp3) is 0.245. The number of carbonyl (C=O) groups excluding carboxylic acids is 7. The van der Waals surface area contributed by atoms with Gasteiger partial charge in [0.25, 0.3) is 0 Å². The van der Waals surface area contributed by atoms with Gasteiger partial charge in [0.15, 0.2) is 34.9 Å². The van der Waals surface area contributed by atoms with Gasteiger partial charge in [0, 0.05) is 164 Å². The highest BCUT2D eigenvalue weighted by Gasteiger charge is 2.62. The molecule has 5 N–H and O–H groups in total. The van der Waals surface area contributed by atoms with Crippen molar-refractivity contribution >= 4 is 58.7 Å². The van der Waals surface area contributed by atoms with E-state index < -0.39 is 70.2 Å². The van der Waals surface area contributed by atoms with Crippen molar-refractivity contribution in [1.82, 2.24) is 35.6 Å². The zero-order chi connectivity index (χ0) is 94.4. The number of carbonyl (C=O) groups is 7. The van der Waals surface area contributed by atoms with E-state index in [1.54, 1.807) is 73.1 Å². The van der Waals surface area contributed by atoms with Gasteiger partial charge in [-0.05, 0) is 150 Å². The fourth-order valence-corrected chi connectivity index (χ4v) is 18.5. The number of ether oxygens (including phenoxy) is 9. The molecule has 0 radical (unpaired) electrons. The lowest BCUT2D eigenvalue weighted by Gasteiger charge is -2.20. The number of benzene rings is 8. The Bertz CT molecular complexity index is 6730. The van der Waals surface area contributed by atoms with E-state index in [1.807, 2.05) is 36.4 Å². The minimum Gasteiger partial charge on any atom is -0.489 e. The van der Waals surface area contributed by atoms with Crippen LogP contribution >= 0.6 is 0 Å². The van der Waals surface area contributed by atoms with Gasteiger partial charge in [-0.2, -0.15) is 13.2 Å². The third kappa shape index (κ3) is 18.4.